The van der Waals surface area contributed by atoms with Gasteiger partial charge in [0.2, 0.25) is 11.8 Å². The highest BCUT2D eigenvalue weighted by Crippen LogP contribution is 2.44. The Balaban J connectivity index is 2.40. The predicted octanol–water partition coefficient (Wildman–Crippen LogP) is 3.16. The summed E-state index contributed by atoms with van der Waals surface area (Å²) in [6, 6.07) is 2.88. The van der Waals surface area contributed by atoms with Crippen molar-refractivity contribution in [2.24, 2.45) is 0 Å². The number of hydrogen-bond acceptors (Lipinski definition) is 5. The summed E-state index contributed by atoms with van der Waals surface area (Å²) in [6.45, 7) is 0. The van der Waals surface area contributed by atoms with Crippen molar-refractivity contribution in [2.75, 3.05) is 0 Å². The van der Waals surface area contributed by atoms with Gasteiger partial charge in [0.25, 0.3) is 5.78 Å². The van der Waals surface area contributed by atoms with Crippen LogP contribution in [-0.2, 0) is 0 Å². The Bertz CT molecular complexity index is 811. The second-order valence-corrected chi connectivity index (χ2v) is 5.10. The Morgan fingerprint density at radius 1 is 1.00 bits per heavy atom. The zero-order valence-corrected chi connectivity index (χ0v) is 11.8. The molecule has 2 aromatic heterocycles. The maximum Gasteiger partial charge on any atom is 0.258 e. The Hall–Kier alpha value is -1.76. The molecule has 3 aromatic rings. The SMILES string of the molecule is Oc1nc2ncnn2c(O)c1-c1c(Cl)cc(Cl)cc1Cl. The summed E-state index contributed by atoms with van der Waals surface area (Å²) in [5.41, 5.74) is 0.160. The molecular weight excluding hydrogens is 327 g/mol. The summed E-state index contributed by atoms with van der Waals surface area (Å²) in [5.74, 6) is -0.796. The number of nitrogens with zero attached hydrogens (tertiary/aromatic N) is 4. The third-order valence-electron chi connectivity index (χ3n) is 2.64. The average Bonchev–Trinajstić information content (AvgIpc) is 2.80. The zero-order chi connectivity index (χ0) is 14.4. The first-order valence-corrected chi connectivity index (χ1v) is 6.39. The summed E-state index contributed by atoms with van der Waals surface area (Å²) in [5, 5.41) is 24.6. The summed E-state index contributed by atoms with van der Waals surface area (Å²) in [6.07, 6.45) is 1.19. The third kappa shape index (κ3) is 1.93. The van der Waals surface area contributed by atoms with Crippen molar-refractivity contribution < 1.29 is 10.2 Å². The van der Waals surface area contributed by atoms with Crippen LogP contribution < -0.4 is 0 Å². The van der Waals surface area contributed by atoms with Gasteiger partial charge < -0.3 is 10.2 Å². The molecule has 3 rings (SSSR count). The van der Waals surface area contributed by atoms with Crippen molar-refractivity contribution >= 4 is 40.6 Å². The minimum absolute atomic E-state index is 0.0463. The Morgan fingerprint density at radius 3 is 2.30 bits per heavy atom. The molecule has 1 aromatic carbocycles. The highest BCUT2D eigenvalue weighted by molar-refractivity contribution is 6.42. The lowest BCUT2D eigenvalue weighted by molar-refractivity contribution is 0.416. The quantitative estimate of drug-likeness (QED) is 0.715. The first kappa shape index (κ1) is 13.2. The standard InChI is InChI=1S/C11H5Cl3N4O2/c12-4-1-5(13)7(6(14)2-4)8-9(19)17-11-15-3-16-18(11)10(8)20/h1-3,20H,(H,15,16,17,19). The van der Waals surface area contributed by atoms with Crippen LogP contribution in [0.1, 0.15) is 0 Å². The van der Waals surface area contributed by atoms with E-state index >= 15 is 0 Å². The molecule has 0 aliphatic heterocycles. The maximum atomic E-state index is 10.2. The molecule has 0 amide bonds. The molecule has 0 unspecified atom stereocenters. The fraction of sp³-hybridized carbons (Fsp3) is 0. The molecule has 9 heteroatoms. The van der Waals surface area contributed by atoms with Crippen molar-refractivity contribution in [1.29, 1.82) is 0 Å². The molecule has 0 atom stereocenters. The van der Waals surface area contributed by atoms with Crippen LogP contribution in [0.5, 0.6) is 11.8 Å². The Morgan fingerprint density at radius 2 is 1.65 bits per heavy atom. The molecule has 20 heavy (non-hydrogen) atoms. The number of fused-ring (bicyclic) bond motifs is 1. The molecular formula is C11H5Cl3N4O2. The first-order valence-electron chi connectivity index (χ1n) is 5.25. The molecule has 0 radical (unpaired) electrons. The molecule has 2 heterocycles. The van der Waals surface area contributed by atoms with Gasteiger partial charge in [-0.1, -0.05) is 34.8 Å². The van der Waals surface area contributed by atoms with Crippen molar-refractivity contribution in [3.63, 3.8) is 0 Å². The van der Waals surface area contributed by atoms with E-state index in [0.29, 0.717) is 5.02 Å². The van der Waals surface area contributed by atoms with Crippen LogP contribution in [0.3, 0.4) is 0 Å². The van der Waals surface area contributed by atoms with E-state index in [1.807, 2.05) is 0 Å². The number of hydrogen-bond donors (Lipinski definition) is 2. The molecule has 2 N–H and O–H groups in total. The van der Waals surface area contributed by atoms with Crippen molar-refractivity contribution in [3.05, 3.63) is 33.5 Å². The van der Waals surface area contributed by atoms with Crippen LogP contribution in [-0.4, -0.2) is 29.8 Å². The van der Waals surface area contributed by atoms with Gasteiger partial charge in [-0.3, -0.25) is 0 Å². The largest absolute Gasteiger partial charge is 0.493 e. The molecule has 0 aliphatic carbocycles. The lowest BCUT2D eigenvalue weighted by Crippen LogP contribution is -1.96. The summed E-state index contributed by atoms with van der Waals surface area (Å²) in [7, 11) is 0. The molecule has 102 valence electrons. The van der Waals surface area contributed by atoms with Crippen molar-refractivity contribution in [3.8, 4) is 22.9 Å². The van der Waals surface area contributed by atoms with E-state index in [4.69, 9.17) is 34.8 Å². The number of aromatic nitrogens is 4. The highest BCUT2D eigenvalue weighted by atomic mass is 35.5. The molecule has 0 bridgehead atoms. The van der Waals surface area contributed by atoms with Gasteiger partial charge in [0.15, 0.2) is 0 Å². The summed E-state index contributed by atoms with van der Waals surface area (Å²) < 4.78 is 1.05. The molecule has 0 spiro atoms. The molecule has 0 saturated carbocycles. The lowest BCUT2D eigenvalue weighted by atomic mass is 10.1. The molecule has 0 aliphatic rings. The number of halogens is 3. The smallest absolute Gasteiger partial charge is 0.258 e. The van der Waals surface area contributed by atoms with E-state index in [0.717, 1.165) is 4.52 Å². The normalized spacial score (nSPS) is 11.2. The molecule has 6 nitrogen and oxygen atoms in total. The van der Waals surface area contributed by atoms with E-state index in [1.165, 1.54) is 18.5 Å². The van der Waals surface area contributed by atoms with Crippen LogP contribution in [0.15, 0.2) is 18.5 Å². The van der Waals surface area contributed by atoms with E-state index in [9.17, 15) is 10.2 Å². The topological polar surface area (TPSA) is 83.5 Å². The number of rotatable bonds is 1. The van der Waals surface area contributed by atoms with Gasteiger partial charge in [-0.15, -0.1) is 0 Å². The molecule has 0 saturated heterocycles. The van der Waals surface area contributed by atoms with Crippen LogP contribution in [0.2, 0.25) is 15.1 Å². The second kappa shape index (κ2) is 4.66. The van der Waals surface area contributed by atoms with Crippen LogP contribution in [0.4, 0.5) is 0 Å². The van der Waals surface area contributed by atoms with Gasteiger partial charge in [-0.25, -0.2) is 0 Å². The van der Waals surface area contributed by atoms with Crippen LogP contribution in [0, 0.1) is 0 Å². The van der Waals surface area contributed by atoms with Gasteiger partial charge in [0, 0.05) is 10.6 Å². The van der Waals surface area contributed by atoms with Crippen molar-refractivity contribution in [1.82, 2.24) is 19.6 Å². The van der Waals surface area contributed by atoms with E-state index in [1.54, 1.807) is 0 Å². The van der Waals surface area contributed by atoms with Crippen molar-refractivity contribution in [2.45, 2.75) is 0 Å². The highest BCUT2D eigenvalue weighted by Gasteiger charge is 2.22. The van der Waals surface area contributed by atoms with Crippen LogP contribution >= 0.6 is 34.8 Å². The van der Waals surface area contributed by atoms with Crippen LogP contribution in [0.25, 0.3) is 16.9 Å². The minimum atomic E-state index is -0.464. The van der Waals surface area contributed by atoms with Gasteiger partial charge in [-0.05, 0) is 12.1 Å². The first-order chi connectivity index (χ1) is 9.49. The minimum Gasteiger partial charge on any atom is -0.493 e. The Kier molecular flexibility index (Phi) is 3.08. The average molecular weight is 332 g/mol. The van der Waals surface area contributed by atoms with Gasteiger partial charge in [0.1, 0.15) is 11.9 Å². The Labute approximate surface area is 127 Å². The second-order valence-electron chi connectivity index (χ2n) is 3.85. The van der Waals surface area contributed by atoms with E-state index < -0.39 is 5.88 Å². The van der Waals surface area contributed by atoms with Gasteiger partial charge >= 0.3 is 0 Å². The van der Waals surface area contributed by atoms with E-state index in [-0.39, 0.29) is 32.8 Å². The summed E-state index contributed by atoms with van der Waals surface area (Å²) >= 11 is 18.0. The predicted molar refractivity (Wildman–Crippen MR) is 74.6 cm³/mol. The zero-order valence-electron chi connectivity index (χ0n) is 9.55. The number of benzene rings is 1. The maximum absolute atomic E-state index is 10.2. The monoisotopic (exact) mass is 330 g/mol. The lowest BCUT2D eigenvalue weighted by Gasteiger charge is -2.11. The summed E-state index contributed by atoms with van der Waals surface area (Å²) in [4.78, 5) is 7.58. The third-order valence-corrected chi connectivity index (χ3v) is 3.45. The molecule has 0 fully saturated rings. The van der Waals surface area contributed by atoms with Gasteiger partial charge in [0.05, 0.1) is 10.0 Å². The fourth-order valence-corrected chi connectivity index (χ4v) is 2.83. The van der Waals surface area contributed by atoms with E-state index in [2.05, 4.69) is 15.1 Å². The fourth-order valence-electron chi connectivity index (χ4n) is 1.82. The van der Waals surface area contributed by atoms with Gasteiger partial charge in [-0.2, -0.15) is 19.6 Å². The number of aromatic hydroxyl groups is 2.